The summed E-state index contributed by atoms with van der Waals surface area (Å²) in [5.41, 5.74) is 0.844. The number of anilines is 1. The average molecular weight is 296 g/mol. The van der Waals surface area contributed by atoms with Gasteiger partial charge in [-0.25, -0.2) is 8.42 Å². The van der Waals surface area contributed by atoms with Crippen LogP contribution < -0.4 is 4.90 Å². The van der Waals surface area contributed by atoms with Crippen molar-refractivity contribution in [1.82, 2.24) is 4.31 Å². The highest BCUT2D eigenvalue weighted by Gasteiger charge is 2.30. The first-order valence-corrected chi connectivity index (χ1v) is 8.55. The summed E-state index contributed by atoms with van der Waals surface area (Å²) in [5, 5.41) is 0. The molecule has 0 N–H and O–H groups in total. The second-order valence-corrected chi connectivity index (χ2v) is 7.08. The highest BCUT2D eigenvalue weighted by atomic mass is 32.2. The monoisotopic (exact) mass is 296 g/mol. The zero-order valence-electron chi connectivity index (χ0n) is 11.5. The molecule has 0 saturated carbocycles. The molecule has 0 aliphatic carbocycles. The van der Waals surface area contributed by atoms with Crippen molar-refractivity contribution in [2.24, 2.45) is 0 Å². The SMILES string of the molecule is O=S(=O)(c1ccccc1N1CCCC1)N1CCOCC1. The molecule has 0 amide bonds. The van der Waals surface area contributed by atoms with E-state index in [1.54, 1.807) is 12.1 Å². The summed E-state index contributed by atoms with van der Waals surface area (Å²) >= 11 is 0. The van der Waals surface area contributed by atoms with Gasteiger partial charge in [-0.2, -0.15) is 4.31 Å². The molecule has 20 heavy (non-hydrogen) atoms. The van der Waals surface area contributed by atoms with Gasteiger partial charge in [-0.3, -0.25) is 0 Å². The van der Waals surface area contributed by atoms with Gasteiger partial charge in [-0.05, 0) is 25.0 Å². The molecule has 6 heteroatoms. The molecule has 0 atom stereocenters. The molecule has 3 rings (SSSR count). The molecule has 1 aromatic rings. The summed E-state index contributed by atoms with van der Waals surface area (Å²) in [5.74, 6) is 0. The van der Waals surface area contributed by atoms with Gasteiger partial charge in [0.1, 0.15) is 4.90 Å². The third-order valence-electron chi connectivity index (χ3n) is 3.90. The number of morpholine rings is 1. The van der Waals surface area contributed by atoms with Gasteiger partial charge in [0.05, 0.1) is 18.9 Å². The minimum Gasteiger partial charge on any atom is -0.379 e. The Hall–Kier alpha value is -1.11. The van der Waals surface area contributed by atoms with E-state index in [4.69, 9.17) is 4.74 Å². The lowest BCUT2D eigenvalue weighted by atomic mass is 10.3. The van der Waals surface area contributed by atoms with E-state index in [1.165, 1.54) is 4.31 Å². The van der Waals surface area contributed by atoms with Gasteiger partial charge in [0, 0.05) is 26.2 Å². The van der Waals surface area contributed by atoms with Crippen LogP contribution in [0.15, 0.2) is 29.2 Å². The van der Waals surface area contributed by atoms with Crippen LogP contribution in [0.25, 0.3) is 0 Å². The van der Waals surface area contributed by atoms with E-state index in [9.17, 15) is 8.42 Å². The first-order valence-electron chi connectivity index (χ1n) is 7.11. The number of hydrogen-bond donors (Lipinski definition) is 0. The largest absolute Gasteiger partial charge is 0.379 e. The number of nitrogens with zero attached hydrogens (tertiary/aromatic N) is 2. The molecule has 2 fully saturated rings. The number of rotatable bonds is 3. The Balaban J connectivity index is 1.96. The molecular formula is C14H20N2O3S. The third-order valence-corrected chi connectivity index (χ3v) is 5.85. The lowest BCUT2D eigenvalue weighted by molar-refractivity contribution is 0.0730. The first kappa shape index (κ1) is 13.9. The maximum atomic E-state index is 12.8. The van der Waals surface area contributed by atoms with Crippen molar-refractivity contribution in [3.05, 3.63) is 24.3 Å². The number of para-hydroxylation sites is 1. The summed E-state index contributed by atoms with van der Waals surface area (Å²) in [6.07, 6.45) is 2.26. The smallest absolute Gasteiger partial charge is 0.245 e. The Kier molecular flexibility index (Phi) is 3.96. The van der Waals surface area contributed by atoms with E-state index in [0.29, 0.717) is 31.2 Å². The Morgan fingerprint density at radius 1 is 0.950 bits per heavy atom. The molecule has 110 valence electrons. The second kappa shape index (κ2) is 5.71. The Labute approximate surface area is 120 Å². The molecule has 5 nitrogen and oxygen atoms in total. The Morgan fingerprint density at radius 2 is 1.60 bits per heavy atom. The summed E-state index contributed by atoms with van der Waals surface area (Å²) < 4.78 is 32.4. The minimum absolute atomic E-state index is 0.434. The van der Waals surface area contributed by atoms with Crippen molar-refractivity contribution in [2.75, 3.05) is 44.3 Å². The van der Waals surface area contributed by atoms with E-state index in [0.717, 1.165) is 31.6 Å². The van der Waals surface area contributed by atoms with Gasteiger partial charge in [-0.15, -0.1) is 0 Å². The van der Waals surface area contributed by atoms with E-state index in [2.05, 4.69) is 4.90 Å². The van der Waals surface area contributed by atoms with Crippen LogP contribution in [0.1, 0.15) is 12.8 Å². The fourth-order valence-corrected chi connectivity index (χ4v) is 4.44. The maximum Gasteiger partial charge on any atom is 0.245 e. The second-order valence-electron chi connectivity index (χ2n) is 5.18. The molecule has 0 unspecified atom stereocenters. The van der Waals surface area contributed by atoms with Crippen LogP contribution in [0.5, 0.6) is 0 Å². The molecule has 0 radical (unpaired) electrons. The summed E-state index contributed by atoms with van der Waals surface area (Å²) in [6, 6.07) is 7.34. The summed E-state index contributed by atoms with van der Waals surface area (Å²) in [6.45, 7) is 3.72. The lowest BCUT2D eigenvalue weighted by Gasteiger charge is -2.28. The van der Waals surface area contributed by atoms with Crippen LogP contribution in [-0.4, -0.2) is 52.1 Å². The van der Waals surface area contributed by atoms with Crippen LogP contribution >= 0.6 is 0 Å². The molecule has 2 heterocycles. The van der Waals surface area contributed by atoms with Crippen LogP contribution in [0, 0.1) is 0 Å². The predicted octanol–water partition coefficient (Wildman–Crippen LogP) is 1.31. The molecular weight excluding hydrogens is 276 g/mol. The van der Waals surface area contributed by atoms with E-state index in [1.807, 2.05) is 12.1 Å². The minimum atomic E-state index is -3.42. The fraction of sp³-hybridized carbons (Fsp3) is 0.571. The van der Waals surface area contributed by atoms with Crippen molar-refractivity contribution in [3.8, 4) is 0 Å². The fourth-order valence-electron chi connectivity index (χ4n) is 2.82. The van der Waals surface area contributed by atoms with Gasteiger partial charge in [0.15, 0.2) is 0 Å². The van der Waals surface area contributed by atoms with Crippen molar-refractivity contribution < 1.29 is 13.2 Å². The van der Waals surface area contributed by atoms with E-state index >= 15 is 0 Å². The molecule has 1 aromatic carbocycles. The van der Waals surface area contributed by atoms with Crippen LogP contribution in [0.2, 0.25) is 0 Å². The number of benzene rings is 1. The maximum absolute atomic E-state index is 12.8. The number of sulfonamides is 1. The van der Waals surface area contributed by atoms with Crippen molar-refractivity contribution in [1.29, 1.82) is 0 Å². The van der Waals surface area contributed by atoms with E-state index < -0.39 is 10.0 Å². The molecule has 0 aromatic heterocycles. The van der Waals surface area contributed by atoms with Crippen molar-refractivity contribution in [3.63, 3.8) is 0 Å². The standard InChI is InChI=1S/C14H20N2O3S/c17-20(18,16-9-11-19-12-10-16)14-6-2-1-5-13(14)15-7-3-4-8-15/h1-2,5-6H,3-4,7-12H2. The quantitative estimate of drug-likeness (QED) is 0.844. The Morgan fingerprint density at radius 3 is 2.30 bits per heavy atom. The van der Waals surface area contributed by atoms with Gasteiger partial charge < -0.3 is 9.64 Å². The average Bonchev–Trinajstić information content (AvgIpc) is 3.02. The molecule has 2 aliphatic heterocycles. The summed E-state index contributed by atoms with van der Waals surface area (Å²) in [4.78, 5) is 2.61. The molecule has 0 spiro atoms. The topological polar surface area (TPSA) is 49.9 Å². The molecule has 2 aliphatic rings. The summed E-state index contributed by atoms with van der Waals surface area (Å²) in [7, 11) is -3.42. The lowest BCUT2D eigenvalue weighted by Crippen LogP contribution is -2.41. The number of ether oxygens (including phenoxy) is 1. The third kappa shape index (κ3) is 2.55. The van der Waals surface area contributed by atoms with Gasteiger partial charge >= 0.3 is 0 Å². The van der Waals surface area contributed by atoms with Gasteiger partial charge in [0.2, 0.25) is 10.0 Å². The van der Waals surface area contributed by atoms with Crippen LogP contribution in [-0.2, 0) is 14.8 Å². The van der Waals surface area contributed by atoms with Crippen LogP contribution in [0.3, 0.4) is 0 Å². The first-order chi connectivity index (χ1) is 9.69. The molecule has 2 saturated heterocycles. The van der Waals surface area contributed by atoms with E-state index in [-0.39, 0.29) is 0 Å². The highest BCUT2D eigenvalue weighted by molar-refractivity contribution is 7.89. The van der Waals surface area contributed by atoms with Crippen LogP contribution in [0.4, 0.5) is 5.69 Å². The Bertz CT molecular complexity index is 562. The zero-order chi connectivity index (χ0) is 14.0. The van der Waals surface area contributed by atoms with Gasteiger partial charge in [0.25, 0.3) is 0 Å². The van der Waals surface area contributed by atoms with Crippen molar-refractivity contribution in [2.45, 2.75) is 17.7 Å². The normalized spacial score (nSPS) is 21.3. The van der Waals surface area contributed by atoms with Gasteiger partial charge in [-0.1, -0.05) is 12.1 Å². The number of hydrogen-bond acceptors (Lipinski definition) is 4. The zero-order valence-corrected chi connectivity index (χ0v) is 12.3. The predicted molar refractivity (Wildman–Crippen MR) is 77.5 cm³/mol. The van der Waals surface area contributed by atoms with Crippen molar-refractivity contribution >= 4 is 15.7 Å². The highest BCUT2D eigenvalue weighted by Crippen LogP contribution is 2.30. The molecule has 0 bridgehead atoms.